The molecule has 0 bridgehead atoms. The number of nitrogens with zero attached hydrogens (tertiary/aromatic N) is 1. The predicted molar refractivity (Wildman–Crippen MR) is 130 cm³/mol. The monoisotopic (exact) mass is 483 g/mol. The highest BCUT2D eigenvalue weighted by molar-refractivity contribution is 6.03. The number of hydrogen-bond acceptors (Lipinski definition) is 6. The van der Waals surface area contributed by atoms with Crippen molar-refractivity contribution in [1.82, 2.24) is 5.32 Å². The molecule has 0 amide bonds. The number of ether oxygens (including phenoxy) is 1. The van der Waals surface area contributed by atoms with Gasteiger partial charge in [0.15, 0.2) is 5.78 Å². The summed E-state index contributed by atoms with van der Waals surface area (Å²) in [5.74, 6) is -1.90. The van der Waals surface area contributed by atoms with Crippen molar-refractivity contribution in [2.45, 2.75) is 56.8 Å². The number of rotatable bonds is 13. The second kappa shape index (κ2) is 12.0. The second-order valence-corrected chi connectivity index (χ2v) is 8.92. The van der Waals surface area contributed by atoms with Crippen LogP contribution in [0.25, 0.3) is 0 Å². The van der Waals surface area contributed by atoms with Gasteiger partial charge < -0.3 is 19.5 Å². The Morgan fingerprint density at radius 1 is 1.34 bits per heavy atom. The van der Waals surface area contributed by atoms with Gasteiger partial charge in [0.1, 0.15) is 30.8 Å². The zero-order chi connectivity index (χ0) is 25.4. The first-order valence-electron chi connectivity index (χ1n) is 11.8. The van der Waals surface area contributed by atoms with Gasteiger partial charge in [-0.2, -0.15) is 0 Å². The number of carboxylic acids is 1. The maximum atomic E-state index is 14.4. The van der Waals surface area contributed by atoms with Crippen LogP contribution in [0.1, 0.15) is 54.9 Å². The number of benzene rings is 2. The van der Waals surface area contributed by atoms with Crippen molar-refractivity contribution in [3.05, 3.63) is 65.7 Å². The molecule has 0 aliphatic carbocycles. The number of aldehydes is 1. The molecule has 1 fully saturated rings. The lowest BCUT2D eigenvalue weighted by molar-refractivity contribution is -0.138. The summed E-state index contributed by atoms with van der Waals surface area (Å²) in [5.41, 5.74) is -0.0648. The molecule has 1 radical (unpaired) electrons. The smallest absolute Gasteiger partial charge is 0.326 e. The van der Waals surface area contributed by atoms with Crippen LogP contribution in [0.4, 0.5) is 10.1 Å². The van der Waals surface area contributed by atoms with Gasteiger partial charge in [-0.1, -0.05) is 42.5 Å². The lowest BCUT2D eigenvalue weighted by Gasteiger charge is -2.33. The van der Waals surface area contributed by atoms with Crippen molar-refractivity contribution >= 4 is 23.7 Å². The molecule has 0 spiro atoms. The molecule has 8 heteroatoms. The second-order valence-electron chi connectivity index (χ2n) is 8.92. The first-order valence-corrected chi connectivity index (χ1v) is 11.8. The third-order valence-electron chi connectivity index (χ3n) is 6.37. The summed E-state index contributed by atoms with van der Waals surface area (Å²) in [7, 11) is 0. The van der Waals surface area contributed by atoms with E-state index in [2.05, 4.69) is 11.4 Å². The minimum Gasteiger partial charge on any atom is -0.480 e. The van der Waals surface area contributed by atoms with Crippen molar-refractivity contribution in [3.63, 3.8) is 0 Å². The summed E-state index contributed by atoms with van der Waals surface area (Å²) in [6.07, 6.45) is 1.55. The summed E-state index contributed by atoms with van der Waals surface area (Å²) in [6, 6.07) is 16.2. The largest absolute Gasteiger partial charge is 0.480 e. The molecule has 2 aromatic carbocycles. The molecule has 1 heterocycles. The summed E-state index contributed by atoms with van der Waals surface area (Å²) < 4.78 is 20.1. The zero-order valence-corrected chi connectivity index (χ0v) is 20.1. The molecule has 0 saturated carbocycles. The van der Waals surface area contributed by atoms with Crippen LogP contribution in [0, 0.1) is 6.07 Å². The fraction of sp³-hybridized carbons (Fsp3) is 0.444. The van der Waals surface area contributed by atoms with Crippen molar-refractivity contribution in [2.75, 3.05) is 24.7 Å². The quantitative estimate of drug-likeness (QED) is 0.254. The molecule has 2 unspecified atom stereocenters. The van der Waals surface area contributed by atoms with E-state index in [0.29, 0.717) is 25.3 Å². The van der Waals surface area contributed by atoms with Crippen LogP contribution in [-0.4, -0.2) is 60.8 Å². The minimum absolute atomic E-state index is 0.228. The highest BCUT2D eigenvalue weighted by Crippen LogP contribution is 2.28. The molecule has 187 valence electrons. The van der Waals surface area contributed by atoms with E-state index in [1.807, 2.05) is 30.3 Å². The molecule has 2 aromatic rings. The molecule has 35 heavy (non-hydrogen) atoms. The van der Waals surface area contributed by atoms with Crippen LogP contribution in [0.2, 0.25) is 0 Å². The van der Waals surface area contributed by atoms with Crippen LogP contribution in [-0.2, 0) is 14.3 Å². The molecule has 3 rings (SSSR count). The van der Waals surface area contributed by atoms with Gasteiger partial charge in [-0.15, -0.1) is 0 Å². The number of nitrogens with one attached hydrogen (secondary N) is 1. The van der Waals surface area contributed by atoms with Crippen LogP contribution in [0.15, 0.2) is 48.5 Å². The van der Waals surface area contributed by atoms with Gasteiger partial charge in [0.25, 0.3) is 0 Å². The fourth-order valence-corrected chi connectivity index (χ4v) is 4.48. The lowest BCUT2D eigenvalue weighted by Crippen LogP contribution is -2.56. The van der Waals surface area contributed by atoms with Crippen LogP contribution >= 0.6 is 0 Å². The van der Waals surface area contributed by atoms with E-state index in [4.69, 9.17) is 4.74 Å². The Kier molecular flexibility index (Phi) is 9.12. The van der Waals surface area contributed by atoms with E-state index < -0.39 is 42.2 Å². The van der Waals surface area contributed by atoms with Gasteiger partial charge in [0.2, 0.25) is 0 Å². The topological polar surface area (TPSA) is 95.9 Å². The van der Waals surface area contributed by atoms with Crippen LogP contribution in [0.3, 0.4) is 0 Å². The number of carboxylic acid groups (broad SMARTS) is 1. The predicted octanol–water partition coefficient (Wildman–Crippen LogP) is 3.78. The summed E-state index contributed by atoms with van der Waals surface area (Å²) >= 11 is 0. The van der Waals surface area contributed by atoms with E-state index in [1.165, 1.54) is 6.92 Å². The highest BCUT2D eigenvalue weighted by atomic mass is 19.1. The van der Waals surface area contributed by atoms with Crippen LogP contribution < -0.4 is 10.2 Å². The van der Waals surface area contributed by atoms with Crippen molar-refractivity contribution < 1.29 is 28.6 Å². The third kappa shape index (κ3) is 6.32. The molecular weight excluding hydrogens is 451 g/mol. The Balaban J connectivity index is 1.81. The van der Waals surface area contributed by atoms with E-state index in [9.17, 15) is 23.9 Å². The summed E-state index contributed by atoms with van der Waals surface area (Å²) in [4.78, 5) is 38.6. The zero-order valence-electron chi connectivity index (χ0n) is 20.1. The fourth-order valence-electron chi connectivity index (χ4n) is 4.48. The Morgan fingerprint density at radius 3 is 2.71 bits per heavy atom. The summed E-state index contributed by atoms with van der Waals surface area (Å²) in [6.45, 7) is 3.11. The van der Waals surface area contributed by atoms with E-state index in [1.54, 1.807) is 30.0 Å². The highest BCUT2D eigenvalue weighted by Gasteiger charge is 2.38. The van der Waals surface area contributed by atoms with E-state index in [-0.39, 0.29) is 12.0 Å². The molecule has 0 aromatic heterocycles. The number of Topliss-reactive ketones (excluding diaryl/α,β-unsaturated/α-hetero) is 1. The van der Waals surface area contributed by atoms with Crippen molar-refractivity contribution in [1.29, 1.82) is 0 Å². The van der Waals surface area contributed by atoms with Gasteiger partial charge >= 0.3 is 5.97 Å². The van der Waals surface area contributed by atoms with Crippen molar-refractivity contribution in [3.8, 4) is 0 Å². The molecule has 1 aliphatic rings. The normalized spacial score (nSPS) is 19.1. The molecule has 7 nitrogen and oxygen atoms in total. The number of hydrogen-bond donors (Lipinski definition) is 2. The van der Waals surface area contributed by atoms with E-state index in [0.717, 1.165) is 18.3 Å². The standard InChI is InChI=1S/C27H32FN2O5/c1-3-35-24(16-21(17-31)19-9-5-4-6-10-19)29-27(2,18-28)25(32)20-11-7-12-22(15-20)30-14-8-13-23(30)26(33)34/h4-7,9-11,15,17,21,23-24,29H,3,8,13-14,16,18H2,1-2H3,(H,33,34)/t21?,23-,24?,27+/m0/s1. The number of anilines is 1. The Bertz CT molecular complexity index is 1020. The SMILES string of the molecule is CCOC(CC(C=O)c1ccccc1)N[C@](C)(CF)C(=O)c1cc[c]c(N2CCC[C@H]2C(=O)O)c1. The van der Waals surface area contributed by atoms with E-state index >= 15 is 0 Å². The molecule has 1 aliphatic heterocycles. The minimum atomic E-state index is -1.61. The number of halogens is 1. The molecular formula is C27H32FN2O5. The van der Waals surface area contributed by atoms with Gasteiger partial charge in [-0.05, 0) is 38.3 Å². The van der Waals surface area contributed by atoms with Crippen LogP contribution in [0.5, 0.6) is 0 Å². The molecule has 1 saturated heterocycles. The molecule has 4 atom stereocenters. The Labute approximate surface area is 205 Å². The lowest BCUT2D eigenvalue weighted by atomic mass is 9.90. The molecule has 2 N–H and O–H groups in total. The van der Waals surface area contributed by atoms with Gasteiger partial charge in [0.05, 0.1) is 0 Å². The first kappa shape index (κ1) is 26.5. The Hall–Kier alpha value is -3.10. The number of alkyl halides is 1. The third-order valence-corrected chi connectivity index (χ3v) is 6.37. The number of ketones is 1. The average Bonchev–Trinajstić information content (AvgIpc) is 3.38. The number of aliphatic carboxylic acids is 1. The van der Waals surface area contributed by atoms with Gasteiger partial charge in [0, 0.05) is 42.8 Å². The number of carbonyl (C=O) groups excluding carboxylic acids is 2. The Morgan fingerprint density at radius 2 is 2.09 bits per heavy atom. The maximum absolute atomic E-state index is 14.4. The average molecular weight is 484 g/mol. The van der Waals surface area contributed by atoms with Crippen molar-refractivity contribution in [2.24, 2.45) is 0 Å². The van der Waals surface area contributed by atoms with Gasteiger partial charge in [-0.25, -0.2) is 9.18 Å². The van der Waals surface area contributed by atoms with Gasteiger partial charge in [-0.3, -0.25) is 10.1 Å². The maximum Gasteiger partial charge on any atom is 0.326 e. The summed E-state index contributed by atoms with van der Waals surface area (Å²) in [5, 5.41) is 12.5. The first-order chi connectivity index (χ1) is 16.8. The number of carbonyl (C=O) groups is 3.